The highest BCUT2D eigenvalue weighted by Gasteiger charge is 2.16. The van der Waals surface area contributed by atoms with Crippen LogP contribution in [0.25, 0.3) is 0 Å². The maximum Gasteiger partial charge on any atom is 0.316 e. The van der Waals surface area contributed by atoms with Crippen molar-refractivity contribution in [2.45, 2.75) is 4.90 Å². The molecule has 1 aliphatic heterocycles. The molecule has 1 heterocycles. The molecule has 0 aromatic heterocycles. The van der Waals surface area contributed by atoms with Gasteiger partial charge in [0.1, 0.15) is 13.2 Å². The van der Waals surface area contributed by atoms with E-state index in [-0.39, 0.29) is 18.2 Å². The van der Waals surface area contributed by atoms with Crippen LogP contribution in [0.15, 0.2) is 23.1 Å². The van der Waals surface area contributed by atoms with Crippen molar-refractivity contribution >= 4 is 29.5 Å². The van der Waals surface area contributed by atoms with E-state index in [1.165, 1.54) is 30.8 Å². The topological polar surface area (TPSA) is 94.2 Å². The molecule has 0 aliphatic carbocycles. The number of fused-ring (bicyclic) bond motifs is 1. The number of esters is 1. The summed E-state index contributed by atoms with van der Waals surface area (Å²) in [5, 5.41) is 2.41. The zero-order valence-corrected chi connectivity index (χ0v) is 14.9. The minimum atomic E-state index is -0.512. The lowest BCUT2D eigenvalue weighted by Gasteiger charge is -2.18. The van der Waals surface area contributed by atoms with E-state index < -0.39 is 18.5 Å². The average Bonchev–Trinajstić information content (AvgIpc) is 2.63. The minimum Gasteiger partial charge on any atom is -0.486 e. The summed E-state index contributed by atoms with van der Waals surface area (Å²) in [6.45, 7) is 0.538. The normalized spacial score (nSPS) is 12.2. The van der Waals surface area contributed by atoms with Gasteiger partial charge in [-0.1, -0.05) is 0 Å². The number of hydrogen-bond acceptors (Lipinski definition) is 7. The van der Waals surface area contributed by atoms with Gasteiger partial charge in [0.15, 0.2) is 18.1 Å². The fourth-order valence-electron chi connectivity index (χ4n) is 1.93. The van der Waals surface area contributed by atoms with E-state index >= 15 is 0 Å². The molecule has 1 aromatic carbocycles. The molecule has 0 spiro atoms. The van der Waals surface area contributed by atoms with E-state index in [1.807, 2.05) is 6.07 Å². The highest BCUT2D eigenvalue weighted by Crippen LogP contribution is 2.34. The van der Waals surface area contributed by atoms with E-state index in [1.54, 1.807) is 12.1 Å². The summed E-state index contributed by atoms with van der Waals surface area (Å²) in [6.07, 6.45) is 0. The van der Waals surface area contributed by atoms with Gasteiger partial charge in [0.05, 0.1) is 12.3 Å². The summed E-state index contributed by atoms with van der Waals surface area (Å²) < 4.78 is 15.8. The number of thioether (sulfide) groups is 1. The number of rotatable bonds is 7. The van der Waals surface area contributed by atoms with Gasteiger partial charge in [-0.15, -0.1) is 11.8 Å². The summed E-state index contributed by atoms with van der Waals surface area (Å²) in [7, 11) is 2.95. The largest absolute Gasteiger partial charge is 0.486 e. The molecule has 0 atom stereocenters. The second kappa shape index (κ2) is 9.16. The molecule has 1 aromatic rings. The molecular weight excluding hydrogens is 348 g/mol. The average molecular weight is 368 g/mol. The molecule has 8 nitrogen and oxygen atoms in total. The number of ether oxygens (including phenoxy) is 3. The lowest BCUT2D eigenvalue weighted by molar-refractivity contribution is -0.149. The van der Waals surface area contributed by atoms with E-state index in [9.17, 15) is 14.4 Å². The molecule has 2 rings (SSSR count). The third-order valence-corrected chi connectivity index (χ3v) is 4.28. The summed E-state index contributed by atoms with van der Waals surface area (Å²) >= 11 is 1.28. The van der Waals surface area contributed by atoms with Crippen molar-refractivity contribution in [1.29, 1.82) is 0 Å². The number of carbonyl (C=O) groups excluding carboxylic acids is 3. The maximum atomic E-state index is 11.8. The van der Waals surface area contributed by atoms with Crippen LogP contribution < -0.4 is 14.8 Å². The van der Waals surface area contributed by atoms with Gasteiger partial charge in [0.25, 0.3) is 5.91 Å². The van der Waals surface area contributed by atoms with Crippen LogP contribution in [0, 0.1) is 0 Å². The predicted octanol–water partition coefficient (Wildman–Crippen LogP) is 0.298. The molecule has 0 bridgehead atoms. The first-order valence-corrected chi connectivity index (χ1v) is 8.60. The van der Waals surface area contributed by atoms with Gasteiger partial charge in [-0.05, 0) is 18.2 Å². The Hall–Kier alpha value is -2.42. The van der Waals surface area contributed by atoms with Gasteiger partial charge >= 0.3 is 5.97 Å². The molecule has 0 fully saturated rings. The van der Waals surface area contributed by atoms with E-state index in [2.05, 4.69) is 5.32 Å². The Morgan fingerprint density at radius 1 is 1.24 bits per heavy atom. The zero-order valence-electron chi connectivity index (χ0n) is 14.1. The van der Waals surface area contributed by atoms with E-state index in [0.29, 0.717) is 24.7 Å². The second-order valence-corrected chi connectivity index (χ2v) is 6.23. The highest BCUT2D eigenvalue weighted by molar-refractivity contribution is 8.00. The molecule has 0 radical (unpaired) electrons. The van der Waals surface area contributed by atoms with Gasteiger partial charge in [0.2, 0.25) is 5.91 Å². The third kappa shape index (κ3) is 5.86. The maximum absolute atomic E-state index is 11.8. The molecule has 25 heavy (non-hydrogen) atoms. The molecule has 0 saturated heterocycles. The van der Waals surface area contributed by atoms with E-state index in [4.69, 9.17) is 14.2 Å². The fraction of sp³-hybridized carbons (Fsp3) is 0.438. The smallest absolute Gasteiger partial charge is 0.316 e. The van der Waals surface area contributed by atoms with Crippen LogP contribution >= 0.6 is 11.8 Å². The molecule has 1 N–H and O–H groups in total. The number of nitrogens with zero attached hydrogens (tertiary/aromatic N) is 1. The number of carbonyl (C=O) groups is 3. The summed E-state index contributed by atoms with van der Waals surface area (Å²) in [5.74, 6) is 0.143. The summed E-state index contributed by atoms with van der Waals surface area (Å²) in [4.78, 5) is 36.7. The Morgan fingerprint density at radius 3 is 2.68 bits per heavy atom. The van der Waals surface area contributed by atoms with Gasteiger partial charge in [-0.3, -0.25) is 14.4 Å². The zero-order chi connectivity index (χ0) is 18.2. The fourth-order valence-corrected chi connectivity index (χ4v) is 2.65. The van der Waals surface area contributed by atoms with Crippen molar-refractivity contribution in [2.24, 2.45) is 0 Å². The number of nitrogens with one attached hydrogen (secondary N) is 1. The Morgan fingerprint density at radius 2 is 1.96 bits per heavy atom. The minimum absolute atomic E-state index is 0.0616. The van der Waals surface area contributed by atoms with Crippen LogP contribution in [-0.4, -0.2) is 68.9 Å². The first-order valence-electron chi connectivity index (χ1n) is 7.62. The lowest BCUT2D eigenvalue weighted by Crippen LogP contribution is -2.39. The van der Waals surface area contributed by atoms with Gasteiger partial charge in [-0.2, -0.15) is 0 Å². The SMILES string of the molecule is CNC(=O)CN(C)C(=O)COC(=O)CSc1ccc2c(c1)OCCO2. The van der Waals surface area contributed by atoms with Crippen LogP contribution in [0.4, 0.5) is 0 Å². The van der Waals surface area contributed by atoms with Crippen LogP contribution in [0.5, 0.6) is 11.5 Å². The highest BCUT2D eigenvalue weighted by atomic mass is 32.2. The van der Waals surface area contributed by atoms with Crippen LogP contribution in [0.2, 0.25) is 0 Å². The molecule has 0 unspecified atom stereocenters. The van der Waals surface area contributed by atoms with E-state index in [0.717, 1.165) is 4.90 Å². The van der Waals surface area contributed by atoms with Crippen molar-refractivity contribution in [3.8, 4) is 11.5 Å². The first-order chi connectivity index (χ1) is 12.0. The first kappa shape index (κ1) is 18.9. The van der Waals surface area contributed by atoms with Crippen molar-refractivity contribution < 1.29 is 28.6 Å². The lowest BCUT2D eigenvalue weighted by atomic mass is 10.3. The van der Waals surface area contributed by atoms with Crippen LogP contribution in [0.1, 0.15) is 0 Å². The van der Waals surface area contributed by atoms with Gasteiger partial charge in [-0.25, -0.2) is 0 Å². The van der Waals surface area contributed by atoms with Crippen LogP contribution in [0.3, 0.4) is 0 Å². The Balaban J connectivity index is 1.73. The number of hydrogen-bond donors (Lipinski definition) is 1. The molecule has 1 aliphatic rings. The Kier molecular flexibility index (Phi) is 6.93. The van der Waals surface area contributed by atoms with Crippen molar-refractivity contribution in [2.75, 3.05) is 46.2 Å². The molecular formula is C16H20N2O6S. The summed E-state index contributed by atoms with van der Waals surface area (Å²) in [5.41, 5.74) is 0. The molecule has 9 heteroatoms. The van der Waals surface area contributed by atoms with Crippen molar-refractivity contribution in [1.82, 2.24) is 10.2 Å². The molecule has 0 saturated carbocycles. The Labute approximate surface area is 149 Å². The number of benzene rings is 1. The third-order valence-electron chi connectivity index (χ3n) is 3.31. The Bertz CT molecular complexity index is 652. The summed E-state index contributed by atoms with van der Waals surface area (Å²) in [6, 6.07) is 5.42. The van der Waals surface area contributed by atoms with Crippen molar-refractivity contribution in [3.63, 3.8) is 0 Å². The quantitative estimate of drug-likeness (QED) is 0.546. The number of likely N-dealkylation sites (N-methyl/N-ethyl adjacent to an activating group) is 2. The molecule has 2 amide bonds. The van der Waals surface area contributed by atoms with Gasteiger partial charge < -0.3 is 24.4 Å². The number of amides is 2. The predicted molar refractivity (Wildman–Crippen MR) is 90.8 cm³/mol. The standard InChI is InChI=1S/C16H20N2O6S/c1-17-14(19)8-18(2)15(20)9-24-16(21)10-25-11-3-4-12-13(7-11)23-6-5-22-12/h3-4,7H,5-6,8-10H2,1-2H3,(H,17,19). The molecule has 136 valence electrons. The monoisotopic (exact) mass is 368 g/mol. The second-order valence-electron chi connectivity index (χ2n) is 5.18. The van der Waals surface area contributed by atoms with Gasteiger partial charge in [0, 0.05) is 19.0 Å². The van der Waals surface area contributed by atoms with Crippen LogP contribution in [-0.2, 0) is 19.1 Å². The van der Waals surface area contributed by atoms with Crippen molar-refractivity contribution in [3.05, 3.63) is 18.2 Å².